The molecule has 1 aromatic carbocycles. The van der Waals surface area contributed by atoms with E-state index >= 15 is 0 Å². The van der Waals surface area contributed by atoms with Crippen molar-refractivity contribution in [1.29, 1.82) is 0 Å². The van der Waals surface area contributed by atoms with E-state index in [9.17, 15) is 9.59 Å². The molecule has 24 heavy (non-hydrogen) atoms. The molecule has 1 amide bonds. The zero-order valence-electron chi connectivity index (χ0n) is 13.8. The van der Waals surface area contributed by atoms with Gasteiger partial charge in [-0.2, -0.15) is 0 Å². The zero-order chi connectivity index (χ0) is 17.1. The summed E-state index contributed by atoms with van der Waals surface area (Å²) in [5.41, 5.74) is 2.50. The number of likely N-dealkylation sites (tertiary alicyclic amines) is 1. The second-order valence-corrected chi connectivity index (χ2v) is 6.49. The van der Waals surface area contributed by atoms with E-state index in [0.29, 0.717) is 43.3 Å². The van der Waals surface area contributed by atoms with Crippen molar-refractivity contribution in [1.82, 2.24) is 9.80 Å². The third-order valence-corrected chi connectivity index (χ3v) is 4.69. The lowest BCUT2D eigenvalue weighted by Gasteiger charge is -2.36. The number of benzene rings is 1. The lowest BCUT2D eigenvalue weighted by atomic mass is 9.96. The number of ether oxygens (including phenoxy) is 1. The average Bonchev–Trinajstić information content (AvgIpc) is 2.58. The van der Waals surface area contributed by atoms with E-state index in [-0.39, 0.29) is 11.7 Å². The Morgan fingerprint density at radius 1 is 1.17 bits per heavy atom. The number of rotatable bonds is 2. The first-order valence-corrected chi connectivity index (χ1v) is 8.54. The molecule has 2 aliphatic rings. The Bertz CT molecular complexity index is 681. The number of carbonyl (C=O) groups is 2. The lowest BCUT2D eigenvalue weighted by Crippen LogP contribution is -2.42. The maximum Gasteiger partial charge on any atom is 0.219 e. The van der Waals surface area contributed by atoms with Gasteiger partial charge in [0.2, 0.25) is 5.91 Å². The molecular formula is C18H21ClN2O3. The monoisotopic (exact) mass is 348 g/mol. The van der Waals surface area contributed by atoms with E-state index in [0.717, 1.165) is 24.4 Å². The van der Waals surface area contributed by atoms with Gasteiger partial charge in [-0.1, -0.05) is 23.7 Å². The first-order chi connectivity index (χ1) is 11.6. The highest BCUT2D eigenvalue weighted by Crippen LogP contribution is 2.29. The highest BCUT2D eigenvalue weighted by atomic mass is 35.5. The Morgan fingerprint density at radius 3 is 2.58 bits per heavy atom. The largest absolute Gasteiger partial charge is 0.378 e. The number of carbonyl (C=O) groups excluding carboxylic acids is 2. The maximum absolute atomic E-state index is 12.6. The SMILES string of the molecule is CC(=O)N1CCC(=O)/C(=C(/c2cccc(Cl)c2)N2CCOCC2)C1. The number of hydrogen-bond donors (Lipinski definition) is 0. The van der Waals surface area contributed by atoms with Crippen LogP contribution in [0, 0.1) is 0 Å². The summed E-state index contributed by atoms with van der Waals surface area (Å²) in [6, 6.07) is 7.54. The summed E-state index contributed by atoms with van der Waals surface area (Å²) in [5.74, 6) is 0.0985. The van der Waals surface area contributed by atoms with E-state index < -0.39 is 0 Å². The highest BCUT2D eigenvalue weighted by molar-refractivity contribution is 6.30. The molecule has 128 valence electrons. The van der Waals surface area contributed by atoms with Crippen LogP contribution >= 0.6 is 11.6 Å². The van der Waals surface area contributed by atoms with Crippen LogP contribution in [0.25, 0.3) is 5.70 Å². The smallest absolute Gasteiger partial charge is 0.219 e. The first kappa shape index (κ1) is 17.0. The molecule has 0 atom stereocenters. The van der Waals surface area contributed by atoms with Crippen molar-refractivity contribution in [2.24, 2.45) is 0 Å². The van der Waals surface area contributed by atoms with Crippen LogP contribution < -0.4 is 0 Å². The van der Waals surface area contributed by atoms with Gasteiger partial charge in [-0.25, -0.2) is 0 Å². The van der Waals surface area contributed by atoms with Gasteiger partial charge < -0.3 is 14.5 Å². The second kappa shape index (κ2) is 7.36. The van der Waals surface area contributed by atoms with Crippen LogP contribution in [0.15, 0.2) is 29.8 Å². The van der Waals surface area contributed by atoms with E-state index in [1.807, 2.05) is 24.3 Å². The molecule has 2 aliphatic heterocycles. The Labute approximate surface area is 146 Å². The molecule has 5 nitrogen and oxygen atoms in total. The molecule has 2 heterocycles. The Hall–Kier alpha value is -1.85. The molecule has 0 bridgehead atoms. The van der Waals surface area contributed by atoms with Gasteiger partial charge >= 0.3 is 0 Å². The second-order valence-electron chi connectivity index (χ2n) is 6.05. The molecule has 0 spiro atoms. The lowest BCUT2D eigenvalue weighted by molar-refractivity contribution is -0.130. The molecule has 6 heteroatoms. The topological polar surface area (TPSA) is 49.9 Å². The molecule has 0 radical (unpaired) electrons. The van der Waals surface area contributed by atoms with Crippen molar-refractivity contribution in [2.75, 3.05) is 39.4 Å². The number of hydrogen-bond acceptors (Lipinski definition) is 4. The fourth-order valence-corrected chi connectivity index (χ4v) is 3.38. The number of nitrogens with zero attached hydrogens (tertiary/aromatic N) is 2. The van der Waals surface area contributed by atoms with Crippen molar-refractivity contribution in [3.05, 3.63) is 40.4 Å². The number of morpholine rings is 1. The van der Waals surface area contributed by atoms with E-state index in [4.69, 9.17) is 16.3 Å². The van der Waals surface area contributed by atoms with Crippen molar-refractivity contribution >= 4 is 29.0 Å². The summed E-state index contributed by atoms with van der Waals surface area (Å²) in [7, 11) is 0. The predicted octanol–water partition coefficient (Wildman–Crippen LogP) is 2.20. The van der Waals surface area contributed by atoms with Crippen LogP contribution in [-0.4, -0.2) is 60.9 Å². The molecule has 0 saturated carbocycles. The van der Waals surface area contributed by atoms with Gasteiger partial charge in [0.25, 0.3) is 0 Å². The molecule has 0 aliphatic carbocycles. The number of halogens is 1. The summed E-state index contributed by atoms with van der Waals surface area (Å²) in [5, 5.41) is 0.630. The molecular weight excluding hydrogens is 328 g/mol. The van der Waals surface area contributed by atoms with Crippen molar-refractivity contribution in [3.63, 3.8) is 0 Å². The van der Waals surface area contributed by atoms with Crippen LogP contribution in [0.5, 0.6) is 0 Å². The van der Waals surface area contributed by atoms with Gasteiger partial charge in [-0.3, -0.25) is 9.59 Å². The fourth-order valence-electron chi connectivity index (χ4n) is 3.19. The van der Waals surface area contributed by atoms with Gasteiger partial charge in [-0.15, -0.1) is 0 Å². The zero-order valence-corrected chi connectivity index (χ0v) is 14.5. The molecule has 0 unspecified atom stereocenters. The van der Waals surface area contributed by atoms with Gasteiger partial charge in [0.05, 0.1) is 25.5 Å². The third-order valence-electron chi connectivity index (χ3n) is 4.45. The first-order valence-electron chi connectivity index (χ1n) is 8.17. The number of Topliss-reactive ketones (excluding diaryl/α,β-unsaturated/α-hetero) is 1. The summed E-state index contributed by atoms with van der Waals surface area (Å²) < 4.78 is 5.44. The maximum atomic E-state index is 12.6. The van der Waals surface area contributed by atoms with Gasteiger partial charge in [0.1, 0.15) is 0 Å². The minimum Gasteiger partial charge on any atom is -0.378 e. The molecule has 2 fully saturated rings. The Kier molecular flexibility index (Phi) is 5.21. The highest BCUT2D eigenvalue weighted by Gasteiger charge is 2.29. The van der Waals surface area contributed by atoms with Crippen LogP contribution in [-0.2, 0) is 14.3 Å². The Morgan fingerprint density at radius 2 is 1.92 bits per heavy atom. The van der Waals surface area contributed by atoms with Crippen molar-refractivity contribution in [2.45, 2.75) is 13.3 Å². The van der Waals surface area contributed by atoms with Gasteiger partial charge in [-0.05, 0) is 17.7 Å². The van der Waals surface area contributed by atoms with Crippen LogP contribution in [0.2, 0.25) is 5.02 Å². The average molecular weight is 349 g/mol. The number of amides is 1. The Balaban J connectivity index is 2.07. The number of piperidine rings is 1. The van der Waals surface area contributed by atoms with Crippen LogP contribution in [0.4, 0.5) is 0 Å². The van der Waals surface area contributed by atoms with Crippen LogP contribution in [0.1, 0.15) is 18.9 Å². The van der Waals surface area contributed by atoms with Crippen molar-refractivity contribution in [3.8, 4) is 0 Å². The van der Waals surface area contributed by atoms with Crippen molar-refractivity contribution < 1.29 is 14.3 Å². The normalized spacial score (nSPS) is 21.0. The third kappa shape index (κ3) is 3.62. The molecule has 1 aromatic rings. The molecule has 2 saturated heterocycles. The molecule has 0 N–H and O–H groups in total. The van der Waals surface area contributed by atoms with Gasteiger partial charge in [0, 0.05) is 43.6 Å². The standard InChI is InChI=1S/C18H21ClN2O3/c1-13(22)21-6-5-17(23)16(12-21)18(20-7-9-24-10-8-20)14-3-2-4-15(19)11-14/h2-4,11H,5-10,12H2,1H3/b18-16-. The van der Waals surface area contributed by atoms with E-state index in [1.165, 1.54) is 0 Å². The molecule has 0 aromatic heterocycles. The van der Waals surface area contributed by atoms with E-state index in [1.54, 1.807) is 11.8 Å². The summed E-state index contributed by atoms with van der Waals surface area (Å²) in [4.78, 5) is 28.3. The summed E-state index contributed by atoms with van der Waals surface area (Å²) in [6.07, 6.45) is 0.364. The predicted molar refractivity (Wildman–Crippen MR) is 92.6 cm³/mol. The molecule has 3 rings (SSSR count). The minimum absolute atomic E-state index is 0.00702. The summed E-state index contributed by atoms with van der Waals surface area (Å²) >= 11 is 6.17. The van der Waals surface area contributed by atoms with Gasteiger partial charge in [0.15, 0.2) is 5.78 Å². The minimum atomic E-state index is -0.00702. The van der Waals surface area contributed by atoms with Crippen LogP contribution in [0.3, 0.4) is 0 Å². The fraction of sp³-hybridized carbons (Fsp3) is 0.444. The van der Waals surface area contributed by atoms with E-state index in [2.05, 4.69) is 4.90 Å². The number of ketones is 1. The summed E-state index contributed by atoms with van der Waals surface area (Å²) in [6.45, 7) is 5.08. The quantitative estimate of drug-likeness (QED) is 0.769.